The van der Waals surface area contributed by atoms with E-state index in [0.717, 1.165) is 42.8 Å². The van der Waals surface area contributed by atoms with Gasteiger partial charge in [-0.25, -0.2) is 4.79 Å². The Hall–Kier alpha value is -2.54. The predicted octanol–water partition coefficient (Wildman–Crippen LogP) is 1.85. The van der Waals surface area contributed by atoms with Crippen molar-refractivity contribution in [3.8, 4) is 22.8 Å². The monoisotopic (exact) mass is 358 g/mol. The minimum absolute atomic E-state index is 0.224. The Morgan fingerprint density at radius 3 is 2.62 bits per heavy atom. The molecular formula is C19H26N4O3. The maximum Gasteiger partial charge on any atom is 0.349 e. The molecule has 0 amide bonds. The molecule has 7 nitrogen and oxygen atoms in total. The van der Waals surface area contributed by atoms with Crippen molar-refractivity contribution in [2.45, 2.75) is 19.4 Å². The van der Waals surface area contributed by atoms with Crippen LogP contribution in [0.15, 0.2) is 23.0 Å². The Balaban J connectivity index is 1.94. The van der Waals surface area contributed by atoms with Crippen LogP contribution in [0.3, 0.4) is 0 Å². The summed E-state index contributed by atoms with van der Waals surface area (Å²) in [6.07, 6.45) is 1.74. The molecule has 0 bridgehead atoms. The van der Waals surface area contributed by atoms with Gasteiger partial charge in [-0.15, -0.1) is 0 Å². The summed E-state index contributed by atoms with van der Waals surface area (Å²) in [6.45, 7) is 2.37. The molecule has 2 heterocycles. The summed E-state index contributed by atoms with van der Waals surface area (Å²) >= 11 is 0. The topological polar surface area (TPSA) is 68.6 Å². The Morgan fingerprint density at radius 2 is 1.92 bits per heavy atom. The Labute approximate surface area is 153 Å². The molecule has 0 atom stereocenters. The van der Waals surface area contributed by atoms with Gasteiger partial charge in [0, 0.05) is 24.7 Å². The largest absolute Gasteiger partial charge is 0.493 e. The summed E-state index contributed by atoms with van der Waals surface area (Å²) in [6, 6.07) is 5.88. The van der Waals surface area contributed by atoms with Gasteiger partial charge in [-0.2, -0.15) is 4.98 Å². The van der Waals surface area contributed by atoms with Gasteiger partial charge in [-0.3, -0.25) is 4.57 Å². The molecule has 0 radical (unpaired) electrons. The van der Waals surface area contributed by atoms with Crippen LogP contribution < -0.4 is 20.5 Å². The number of aryl methyl sites for hydroxylation is 1. The zero-order chi connectivity index (χ0) is 18.7. The van der Waals surface area contributed by atoms with E-state index in [-0.39, 0.29) is 5.69 Å². The molecule has 2 aromatic rings. The van der Waals surface area contributed by atoms with Crippen molar-refractivity contribution in [3.05, 3.63) is 34.2 Å². The molecule has 0 saturated heterocycles. The van der Waals surface area contributed by atoms with Gasteiger partial charge < -0.3 is 19.7 Å². The third kappa shape index (κ3) is 3.67. The van der Waals surface area contributed by atoms with Crippen LogP contribution in [-0.2, 0) is 13.0 Å². The number of fused-ring (bicyclic) bond motifs is 3. The van der Waals surface area contributed by atoms with E-state index >= 15 is 0 Å². The first-order chi connectivity index (χ1) is 12.5. The summed E-state index contributed by atoms with van der Waals surface area (Å²) in [7, 11) is 7.33. The average molecular weight is 358 g/mol. The number of nitrogens with zero attached hydrogens (tertiary/aromatic N) is 3. The zero-order valence-electron chi connectivity index (χ0n) is 15.8. The molecule has 7 heteroatoms. The van der Waals surface area contributed by atoms with Crippen molar-refractivity contribution in [1.29, 1.82) is 0 Å². The second-order valence-corrected chi connectivity index (χ2v) is 6.66. The molecule has 0 saturated carbocycles. The number of nitrogens with one attached hydrogen (secondary N) is 1. The Morgan fingerprint density at radius 1 is 1.19 bits per heavy atom. The molecule has 0 fully saturated rings. The van der Waals surface area contributed by atoms with Crippen molar-refractivity contribution in [3.63, 3.8) is 0 Å². The molecule has 1 aromatic heterocycles. The fraction of sp³-hybridized carbons (Fsp3) is 0.474. The summed E-state index contributed by atoms with van der Waals surface area (Å²) in [4.78, 5) is 18.8. The second-order valence-electron chi connectivity index (χ2n) is 6.66. The average Bonchev–Trinajstić information content (AvgIpc) is 2.63. The first kappa shape index (κ1) is 18.3. The predicted molar refractivity (Wildman–Crippen MR) is 102 cm³/mol. The second kappa shape index (κ2) is 7.78. The van der Waals surface area contributed by atoms with Gasteiger partial charge in [0.05, 0.1) is 19.9 Å². The molecule has 0 spiro atoms. The summed E-state index contributed by atoms with van der Waals surface area (Å²) in [5.74, 6) is 1.98. The number of rotatable bonds is 7. The van der Waals surface area contributed by atoms with Crippen molar-refractivity contribution < 1.29 is 9.47 Å². The standard InChI is InChI=1S/C19H26N4O3/c1-22(2)8-5-7-20-18-12-15-14-11-17(26-4)16(25-3)10-13(14)6-9-23(15)19(24)21-18/h10-12H,5-9H2,1-4H3,(H,20,21,24). The lowest BCUT2D eigenvalue weighted by atomic mass is 9.97. The van der Waals surface area contributed by atoms with E-state index in [1.54, 1.807) is 18.8 Å². The number of benzene rings is 1. The van der Waals surface area contributed by atoms with Gasteiger partial charge in [-0.05, 0) is 51.2 Å². The van der Waals surface area contributed by atoms with Gasteiger partial charge in [-0.1, -0.05) is 0 Å². The third-order valence-corrected chi connectivity index (χ3v) is 4.59. The van der Waals surface area contributed by atoms with Crippen LogP contribution in [0.2, 0.25) is 0 Å². The van der Waals surface area contributed by atoms with E-state index in [0.29, 0.717) is 23.9 Å². The molecule has 3 rings (SSSR count). The molecule has 1 aromatic carbocycles. The molecule has 1 aliphatic rings. The van der Waals surface area contributed by atoms with Crippen LogP contribution in [0.25, 0.3) is 11.3 Å². The highest BCUT2D eigenvalue weighted by Gasteiger charge is 2.21. The van der Waals surface area contributed by atoms with Crippen LogP contribution in [0.4, 0.5) is 5.82 Å². The zero-order valence-corrected chi connectivity index (χ0v) is 15.8. The maximum atomic E-state index is 12.5. The number of anilines is 1. The van der Waals surface area contributed by atoms with E-state index in [1.165, 1.54) is 0 Å². The van der Waals surface area contributed by atoms with Gasteiger partial charge in [0.2, 0.25) is 0 Å². The van der Waals surface area contributed by atoms with Crippen LogP contribution in [0.1, 0.15) is 12.0 Å². The van der Waals surface area contributed by atoms with Crippen LogP contribution >= 0.6 is 0 Å². The molecule has 1 aliphatic heterocycles. The smallest absolute Gasteiger partial charge is 0.349 e. The first-order valence-electron chi connectivity index (χ1n) is 8.79. The van der Waals surface area contributed by atoms with Crippen LogP contribution in [0.5, 0.6) is 11.5 Å². The molecule has 1 N–H and O–H groups in total. The van der Waals surface area contributed by atoms with Crippen LogP contribution in [0, 0.1) is 0 Å². The van der Waals surface area contributed by atoms with Crippen molar-refractivity contribution >= 4 is 5.82 Å². The summed E-state index contributed by atoms with van der Waals surface area (Å²) in [5.41, 5.74) is 2.77. The third-order valence-electron chi connectivity index (χ3n) is 4.59. The minimum Gasteiger partial charge on any atom is -0.493 e. The minimum atomic E-state index is -0.224. The SMILES string of the molecule is COc1cc2c(cc1OC)-c1cc(NCCCN(C)C)nc(=O)n1CC2. The quantitative estimate of drug-likeness (QED) is 0.762. The van der Waals surface area contributed by atoms with E-state index in [9.17, 15) is 4.79 Å². The van der Waals surface area contributed by atoms with E-state index in [1.807, 2.05) is 32.3 Å². The van der Waals surface area contributed by atoms with Gasteiger partial charge in [0.25, 0.3) is 0 Å². The molecule has 26 heavy (non-hydrogen) atoms. The van der Waals surface area contributed by atoms with E-state index in [4.69, 9.17) is 9.47 Å². The first-order valence-corrected chi connectivity index (χ1v) is 8.79. The molecular weight excluding hydrogens is 332 g/mol. The van der Waals surface area contributed by atoms with Crippen molar-refractivity contribution in [2.24, 2.45) is 0 Å². The molecule has 0 aliphatic carbocycles. The van der Waals surface area contributed by atoms with Gasteiger partial charge in [0.15, 0.2) is 11.5 Å². The lowest BCUT2D eigenvalue weighted by Gasteiger charge is -2.23. The Bertz CT molecular complexity index is 845. The van der Waals surface area contributed by atoms with Crippen LogP contribution in [-0.4, -0.2) is 55.9 Å². The van der Waals surface area contributed by atoms with Gasteiger partial charge in [0.1, 0.15) is 5.82 Å². The van der Waals surface area contributed by atoms with Gasteiger partial charge >= 0.3 is 5.69 Å². The number of hydrogen-bond donors (Lipinski definition) is 1. The molecule has 140 valence electrons. The van der Waals surface area contributed by atoms with E-state index in [2.05, 4.69) is 15.2 Å². The lowest BCUT2D eigenvalue weighted by molar-refractivity contribution is 0.354. The fourth-order valence-electron chi connectivity index (χ4n) is 3.25. The number of aromatic nitrogens is 2. The lowest BCUT2D eigenvalue weighted by Crippen LogP contribution is -2.29. The van der Waals surface area contributed by atoms with E-state index < -0.39 is 0 Å². The normalized spacial score (nSPS) is 12.5. The summed E-state index contributed by atoms with van der Waals surface area (Å²) in [5, 5.41) is 3.27. The van der Waals surface area contributed by atoms with Crippen molar-refractivity contribution in [2.75, 3.05) is 46.7 Å². The molecule has 0 unspecified atom stereocenters. The highest BCUT2D eigenvalue weighted by molar-refractivity contribution is 5.71. The Kier molecular flexibility index (Phi) is 5.46. The summed E-state index contributed by atoms with van der Waals surface area (Å²) < 4.78 is 12.6. The number of ether oxygens (including phenoxy) is 2. The highest BCUT2D eigenvalue weighted by atomic mass is 16.5. The maximum absolute atomic E-state index is 12.5. The number of methoxy groups -OCH3 is 2. The fourth-order valence-corrected chi connectivity index (χ4v) is 3.25. The number of hydrogen-bond acceptors (Lipinski definition) is 6. The highest BCUT2D eigenvalue weighted by Crippen LogP contribution is 2.38. The van der Waals surface area contributed by atoms with Crippen molar-refractivity contribution in [1.82, 2.24) is 14.5 Å².